The third kappa shape index (κ3) is 3.09. The molecule has 14 heteroatoms. The van der Waals surface area contributed by atoms with Gasteiger partial charge in [-0.2, -0.15) is 13.2 Å². The molecule has 3 rings (SSSR count). The van der Waals surface area contributed by atoms with Crippen LogP contribution in [-0.4, -0.2) is 61.8 Å². The van der Waals surface area contributed by atoms with E-state index in [1.807, 2.05) is 0 Å². The van der Waals surface area contributed by atoms with E-state index < -0.39 is 34.2 Å². The zero-order valence-corrected chi connectivity index (χ0v) is 15.4. The van der Waals surface area contributed by atoms with E-state index in [0.717, 1.165) is 16.7 Å². The van der Waals surface area contributed by atoms with Crippen molar-refractivity contribution < 1.29 is 32.6 Å². The summed E-state index contributed by atoms with van der Waals surface area (Å²) < 4.78 is 42.7. The summed E-state index contributed by atoms with van der Waals surface area (Å²) in [6.07, 6.45) is -4.58. The van der Waals surface area contributed by atoms with E-state index in [0.29, 0.717) is 16.9 Å². The summed E-state index contributed by atoms with van der Waals surface area (Å²) in [5.74, 6) is -1.68. The lowest BCUT2D eigenvalue weighted by Crippen LogP contribution is -2.78. The van der Waals surface area contributed by atoms with Gasteiger partial charge in [0.1, 0.15) is 11.1 Å². The second-order valence-corrected chi connectivity index (χ2v) is 8.52. The Balaban J connectivity index is 1.79. The van der Waals surface area contributed by atoms with Crippen LogP contribution in [0.1, 0.15) is 5.01 Å². The molecule has 1 fully saturated rings. The fourth-order valence-corrected chi connectivity index (χ4v) is 5.70. The highest BCUT2D eigenvalue weighted by atomic mass is 32.2. The van der Waals surface area contributed by atoms with Gasteiger partial charge in [-0.1, -0.05) is 23.1 Å². The topological polar surface area (TPSA) is 119 Å². The van der Waals surface area contributed by atoms with Crippen molar-refractivity contribution in [3.05, 3.63) is 16.3 Å². The van der Waals surface area contributed by atoms with E-state index in [-0.39, 0.29) is 21.5 Å². The van der Waals surface area contributed by atoms with Gasteiger partial charge < -0.3 is 9.84 Å². The van der Waals surface area contributed by atoms with Gasteiger partial charge in [0.2, 0.25) is 10.7 Å². The number of fused-ring (bicyclic) bond motifs is 1. The number of amides is 1. The standard InChI is InChI=1S/C12H11F3N4O4S3/c1-23-11(16)8(22)19-5(6(20)21)4(2-24-9(11)19)3-25-10-18-17-7(26-10)12(13,14)15/h9H,2-3,16H2,1H3,(H,20,21)/t9-,11+/m1/s1. The molecule has 1 amide bonds. The first-order valence-electron chi connectivity index (χ1n) is 6.87. The Hall–Kier alpha value is -1.35. The number of halogens is 3. The lowest BCUT2D eigenvalue weighted by Gasteiger charge is -2.54. The smallest absolute Gasteiger partial charge is 0.445 e. The van der Waals surface area contributed by atoms with E-state index in [1.54, 1.807) is 0 Å². The van der Waals surface area contributed by atoms with Crippen molar-refractivity contribution in [2.75, 3.05) is 18.6 Å². The molecule has 0 unspecified atom stereocenters. The molecule has 142 valence electrons. The minimum atomic E-state index is -4.58. The van der Waals surface area contributed by atoms with E-state index in [2.05, 4.69) is 10.2 Å². The fraction of sp³-hybridized carbons (Fsp3) is 0.500. The first-order chi connectivity index (χ1) is 12.1. The largest absolute Gasteiger partial charge is 0.477 e. The maximum atomic E-state index is 12.6. The first kappa shape index (κ1) is 19.4. The van der Waals surface area contributed by atoms with Gasteiger partial charge in [0.25, 0.3) is 5.91 Å². The number of hydrogen-bond acceptors (Lipinski definition) is 9. The Morgan fingerprint density at radius 1 is 1.54 bits per heavy atom. The van der Waals surface area contributed by atoms with Gasteiger partial charge in [-0.3, -0.25) is 15.4 Å². The number of aromatic nitrogens is 2. The quantitative estimate of drug-likeness (QED) is 0.405. The van der Waals surface area contributed by atoms with Crippen LogP contribution in [-0.2, 0) is 20.5 Å². The van der Waals surface area contributed by atoms with Crippen molar-refractivity contribution in [2.45, 2.75) is 21.6 Å². The van der Waals surface area contributed by atoms with Crippen LogP contribution < -0.4 is 5.73 Å². The summed E-state index contributed by atoms with van der Waals surface area (Å²) in [5.41, 5.74) is 4.43. The molecule has 0 aliphatic carbocycles. The van der Waals surface area contributed by atoms with Gasteiger partial charge >= 0.3 is 12.1 Å². The molecule has 26 heavy (non-hydrogen) atoms. The Kier molecular flexibility index (Phi) is 4.98. The van der Waals surface area contributed by atoms with Crippen molar-refractivity contribution in [3.63, 3.8) is 0 Å². The van der Waals surface area contributed by atoms with Crippen molar-refractivity contribution >= 4 is 46.7 Å². The first-order valence-corrected chi connectivity index (χ1v) is 9.72. The molecule has 0 radical (unpaired) electrons. The number of aliphatic carboxylic acids is 1. The number of carboxylic acid groups (broad SMARTS) is 1. The minimum Gasteiger partial charge on any atom is -0.477 e. The Bertz CT molecular complexity index is 799. The van der Waals surface area contributed by atoms with Gasteiger partial charge in [0, 0.05) is 18.6 Å². The molecular weight excluding hydrogens is 417 g/mol. The van der Waals surface area contributed by atoms with Crippen LogP contribution in [0.3, 0.4) is 0 Å². The number of carbonyl (C=O) groups excluding carboxylic acids is 1. The number of β-lactam (4-membered cyclic amide) rings is 1. The summed E-state index contributed by atoms with van der Waals surface area (Å²) in [5, 5.41) is 14.3. The fourth-order valence-electron chi connectivity index (χ4n) is 2.45. The van der Waals surface area contributed by atoms with Crippen LogP contribution in [0.4, 0.5) is 13.2 Å². The number of carbonyl (C=O) groups is 2. The van der Waals surface area contributed by atoms with E-state index in [9.17, 15) is 27.9 Å². The molecule has 8 nitrogen and oxygen atoms in total. The highest BCUT2D eigenvalue weighted by Gasteiger charge is 2.63. The third-order valence-corrected chi connectivity index (χ3v) is 7.28. The van der Waals surface area contributed by atoms with Gasteiger partial charge in [0.05, 0.1) is 0 Å². The molecule has 3 heterocycles. The molecule has 2 atom stereocenters. The van der Waals surface area contributed by atoms with Crippen LogP contribution in [0.25, 0.3) is 0 Å². The number of methoxy groups -OCH3 is 1. The normalized spacial score (nSPS) is 26.0. The molecule has 1 saturated heterocycles. The van der Waals surface area contributed by atoms with Crippen molar-refractivity contribution in [3.8, 4) is 0 Å². The lowest BCUT2D eigenvalue weighted by molar-refractivity contribution is -0.182. The lowest BCUT2D eigenvalue weighted by atomic mass is 10.00. The monoisotopic (exact) mass is 428 g/mol. The number of thioether (sulfide) groups is 2. The molecule has 1 aromatic heterocycles. The number of carboxylic acids is 1. The van der Waals surface area contributed by atoms with Gasteiger partial charge in [0.15, 0.2) is 4.34 Å². The molecule has 0 spiro atoms. The van der Waals surface area contributed by atoms with E-state index >= 15 is 0 Å². The Morgan fingerprint density at radius 2 is 2.23 bits per heavy atom. The molecule has 1 aromatic rings. The van der Waals surface area contributed by atoms with Crippen LogP contribution in [0.5, 0.6) is 0 Å². The predicted molar refractivity (Wildman–Crippen MR) is 87.3 cm³/mol. The van der Waals surface area contributed by atoms with Gasteiger partial charge in [-0.25, -0.2) is 4.79 Å². The number of rotatable bonds is 5. The number of ether oxygens (including phenoxy) is 1. The highest BCUT2D eigenvalue weighted by molar-refractivity contribution is 8.01. The summed E-state index contributed by atoms with van der Waals surface area (Å²) in [4.78, 5) is 24.9. The van der Waals surface area contributed by atoms with Crippen LogP contribution in [0.15, 0.2) is 15.6 Å². The molecule has 0 saturated carbocycles. The highest BCUT2D eigenvalue weighted by Crippen LogP contribution is 2.46. The molecule has 0 bridgehead atoms. The SMILES string of the molecule is CO[C@@]1(N)C(=O)N2C(C(=O)O)=C(CSc3nnc(C(F)(F)F)s3)CS[C@@H]21. The molecule has 0 aromatic carbocycles. The van der Waals surface area contributed by atoms with Crippen LogP contribution >= 0.6 is 34.9 Å². The van der Waals surface area contributed by atoms with E-state index in [4.69, 9.17) is 10.5 Å². The van der Waals surface area contributed by atoms with E-state index in [1.165, 1.54) is 18.9 Å². The summed E-state index contributed by atoms with van der Waals surface area (Å²) in [6.45, 7) is 0. The number of nitrogens with two attached hydrogens (primary N) is 1. The van der Waals surface area contributed by atoms with Gasteiger partial charge in [-0.05, 0) is 5.57 Å². The second kappa shape index (κ2) is 6.67. The van der Waals surface area contributed by atoms with Crippen molar-refractivity contribution in [2.24, 2.45) is 5.73 Å². The molecule has 2 aliphatic rings. The van der Waals surface area contributed by atoms with Crippen molar-refractivity contribution in [1.29, 1.82) is 0 Å². The Labute approximate surface area is 157 Å². The third-order valence-electron chi connectivity index (χ3n) is 3.70. The maximum absolute atomic E-state index is 12.6. The van der Waals surface area contributed by atoms with Gasteiger partial charge in [-0.15, -0.1) is 22.0 Å². The molecule has 3 N–H and O–H groups in total. The Morgan fingerprint density at radius 3 is 2.77 bits per heavy atom. The van der Waals surface area contributed by atoms with Crippen LogP contribution in [0.2, 0.25) is 0 Å². The average Bonchev–Trinajstić information content (AvgIpc) is 3.07. The summed E-state index contributed by atoms with van der Waals surface area (Å²) in [7, 11) is 1.26. The second-order valence-electron chi connectivity index (χ2n) is 5.25. The number of hydrogen-bond donors (Lipinski definition) is 2. The number of nitrogens with zero attached hydrogens (tertiary/aromatic N) is 3. The number of alkyl halides is 3. The average molecular weight is 428 g/mol. The van der Waals surface area contributed by atoms with Crippen LogP contribution in [0, 0.1) is 0 Å². The zero-order valence-electron chi connectivity index (χ0n) is 12.9. The predicted octanol–water partition coefficient (Wildman–Crippen LogP) is 1.20. The van der Waals surface area contributed by atoms with Crippen molar-refractivity contribution in [1.82, 2.24) is 15.1 Å². The summed E-state index contributed by atoms with van der Waals surface area (Å²) >= 11 is 2.53. The maximum Gasteiger partial charge on any atom is 0.445 e. The molecule has 2 aliphatic heterocycles. The summed E-state index contributed by atoms with van der Waals surface area (Å²) in [6, 6.07) is 0. The zero-order chi connectivity index (χ0) is 19.3. The minimum absolute atomic E-state index is 0.0571. The molecular formula is C12H11F3N4O4S3.